The van der Waals surface area contributed by atoms with Crippen molar-refractivity contribution in [1.29, 1.82) is 0 Å². The minimum atomic E-state index is -3.99. The van der Waals surface area contributed by atoms with Crippen LogP contribution in [0.2, 0.25) is 0 Å². The van der Waals surface area contributed by atoms with Gasteiger partial charge in [-0.2, -0.15) is 0 Å². The van der Waals surface area contributed by atoms with Crippen molar-refractivity contribution >= 4 is 16.0 Å². The number of hydrogen-bond acceptors (Lipinski definition) is 4. The Morgan fingerprint density at radius 3 is 1.69 bits per heavy atom. The molecule has 7 heteroatoms. The molecule has 0 spiro atoms. The van der Waals surface area contributed by atoms with Gasteiger partial charge < -0.3 is 10.3 Å². The van der Waals surface area contributed by atoms with Crippen LogP contribution in [-0.2, 0) is 14.9 Å². The van der Waals surface area contributed by atoms with Gasteiger partial charge >= 0.3 is 51.4 Å². The largest absolute Gasteiger partial charge is 1.00 e. The summed E-state index contributed by atoms with van der Waals surface area (Å²) in [5, 5.41) is -0.785. The van der Waals surface area contributed by atoms with Crippen LogP contribution < -0.4 is 57.1 Å². The molecule has 1 amide bonds. The third kappa shape index (κ3) is 19.2. The summed E-state index contributed by atoms with van der Waals surface area (Å²) in [4.78, 5) is 9.47. The van der Waals surface area contributed by atoms with Gasteiger partial charge in [-0.1, -0.05) is 6.58 Å². The summed E-state index contributed by atoms with van der Waals surface area (Å²) in [6, 6.07) is 0. The second kappa shape index (κ2) is 9.32. The third-order valence-corrected chi connectivity index (χ3v) is 1.93. The van der Waals surface area contributed by atoms with Crippen molar-refractivity contribution in [2.75, 3.05) is 0 Å². The van der Waals surface area contributed by atoms with Gasteiger partial charge in [-0.05, 0) is 19.9 Å². The van der Waals surface area contributed by atoms with E-state index in [-0.39, 0.29) is 51.4 Å². The zero-order valence-electron chi connectivity index (χ0n) is 7.98. The molecular weight excluding hydrogens is 221 g/mol. The minimum Gasteiger partial charge on any atom is -0.748 e. The average Bonchev–Trinajstić information content (AvgIpc) is 1.87. The number of primary amides is 1. The first-order chi connectivity index (χ1) is 5.21. The summed E-state index contributed by atoms with van der Waals surface area (Å²) in [5.74, 6) is -0.481. The smallest absolute Gasteiger partial charge is 0.748 e. The molecule has 0 aromatic rings. The molecule has 0 aromatic heterocycles. The predicted molar refractivity (Wildman–Crippen MR) is 44.2 cm³/mol. The first-order valence-electron chi connectivity index (χ1n) is 3.08. The number of hydrogen-bond donors (Lipinski definition) is 1. The van der Waals surface area contributed by atoms with Crippen LogP contribution in [0.4, 0.5) is 0 Å². The number of rotatable bonds is 2. The molecule has 0 rings (SSSR count). The molecule has 0 saturated heterocycles. The van der Waals surface area contributed by atoms with Gasteiger partial charge in [0.25, 0.3) is 0 Å². The molecule has 0 radical (unpaired) electrons. The molecule has 0 aromatic carbocycles. The van der Waals surface area contributed by atoms with E-state index in [1.807, 2.05) is 0 Å². The molecular formula is C6H12KNO4S. The van der Waals surface area contributed by atoms with Crippen LogP contribution in [-0.4, -0.2) is 24.1 Å². The van der Waals surface area contributed by atoms with Gasteiger partial charge in [0.1, 0.15) is 0 Å². The Hall–Kier alpha value is 0.756. The van der Waals surface area contributed by atoms with E-state index >= 15 is 0 Å². The van der Waals surface area contributed by atoms with E-state index in [1.165, 1.54) is 13.8 Å². The molecule has 0 saturated carbocycles. The minimum absolute atomic E-state index is 0. The van der Waals surface area contributed by atoms with Crippen LogP contribution in [0.25, 0.3) is 0 Å². The van der Waals surface area contributed by atoms with Crippen LogP contribution in [0, 0.1) is 0 Å². The Labute approximate surface area is 121 Å². The molecule has 0 unspecified atom stereocenters. The number of nitrogens with two attached hydrogens (primary N) is 1. The molecule has 2 N–H and O–H groups in total. The zero-order chi connectivity index (χ0) is 10.4. The van der Waals surface area contributed by atoms with Crippen molar-refractivity contribution in [3.8, 4) is 0 Å². The van der Waals surface area contributed by atoms with Gasteiger partial charge in [0, 0.05) is 5.25 Å². The van der Waals surface area contributed by atoms with Crippen LogP contribution in [0.3, 0.4) is 0 Å². The Morgan fingerprint density at radius 1 is 1.54 bits per heavy atom. The van der Waals surface area contributed by atoms with Crippen LogP contribution >= 0.6 is 0 Å². The van der Waals surface area contributed by atoms with Gasteiger partial charge in [-0.25, -0.2) is 8.42 Å². The Morgan fingerprint density at radius 2 is 1.69 bits per heavy atom. The summed E-state index contributed by atoms with van der Waals surface area (Å²) in [6.45, 7) is 5.78. The van der Waals surface area contributed by atoms with Crippen molar-refractivity contribution < 1.29 is 69.1 Å². The van der Waals surface area contributed by atoms with Crippen molar-refractivity contribution in [3.63, 3.8) is 0 Å². The van der Waals surface area contributed by atoms with Crippen molar-refractivity contribution in [2.24, 2.45) is 5.73 Å². The predicted octanol–water partition coefficient (Wildman–Crippen LogP) is -3.40. The van der Waals surface area contributed by atoms with E-state index in [2.05, 4.69) is 12.3 Å². The Balaban J connectivity index is -0.000000150. The SMILES string of the molecule is C=CC(N)=O.CC(C)S(=O)(=O)[O-].[K+]. The first kappa shape index (κ1) is 19.3. The van der Waals surface area contributed by atoms with Crippen LogP contribution in [0.5, 0.6) is 0 Å². The topological polar surface area (TPSA) is 100 Å². The molecule has 5 nitrogen and oxygen atoms in total. The molecule has 0 aliphatic carbocycles. The summed E-state index contributed by atoms with van der Waals surface area (Å²) in [5.41, 5.74) is 4.53. The number of amides is 1. The normalized spacial score (nSPS) is 9.23. The van der Waals surface area contributed by atoms with E-state index in [9.17, 15) is 17.8 Å². The molecule has 0 atom stereocenters. The molecule has 0 bridgehead atoms. The molecule has 0 aliphatic rings. The van der Waals surface area contributed by atoms with E-state index < -0.39 is 21.3 Å². The fourth-order valence-corrected chi connectivity index (χ4v) is 0. The Kier molecular flexibility index (Phi) is 13.9. The van der Waals surface area contributed by atoms with E-state index in [0.717, 1.165) is 6.08 Å². The van der Waals surface area contributed by atoms with Gasteiger partial charge in [0.2, 0.25) is 5.91 Å². The summed E-state index contributed by atoms with van der Waals surface area (Å²) < 4.78 is 29.3. The number of carbonyl (C=O) groups is 1. The quantitative estimate of drug-likeness (QED) is 0.305. The second-order valence-corrected chi connectivity index (χ2v) is 4.08. The van der Waals surface area contributed by atoms with Gasteiger partial charge in [0.05, 0.1) is 10.1 Å². The van der Waals surface area contributed by atoms with Crippen molar-refractivity contribution in [1.82, 2.24) is 0 Å². The summed E-state index contributed by atoms with van der Waals surface area (Å²) in [6.07, 6.45) is 1.06. The number of carbonyl (C=O) groups excluding carboxylic acids is 1. The first-order valence-corrected chi connectivity index (χ1v) is 4.55. The third-order valence-electron chi connectivity index (χ3n) is 0.779. The van der Waals surface area contributed by atoms with Crippen molar-refractivity contribution in [2.45, 2.75) is 19.1 Å². The van der Waals surface area contributed by atoms with Crippen LogP contribution in [0.1, 0.15) is 13.8 Å². The van der Waals surface area contributed by atoms with Gasteiger partial charge in [0.15, 0.2) is 0 Å². The molecule has 0 heterocycles. The fourth-order valence-electron chi connectivity index (χ4n) is 0. The summed E-state index contributed by atoms with van der Waals surface area (Å²) >= 11 is 0. The maximum atomic E-state index is 9.78. The molecule has 13 heavy (non-hydrogen) atoms. The zero-order valence-corrected chi connectivity index (χ0v) is 11.9. The van der Waals surface area contributed by atoms with Gasteiger partial charge in [-0.15, -0.1) is 0 Å². The molecule has 0 aliphatic heterocycles. The van der Waals surface area contributed by atoms with E-state index in [0.29, 0.717) is 0 Å². The average molecular weight is 233 g/mol. The van der Waals surface area contributed by atoms with Crippen LogP contribution in [0.15, 0.2) is 12.7 Å². The fraction of sp³-hybridized carbons (Fsp3) is 0.500. The molecule has 72 valence electrons. The molecule has 0 fully saturated rings. The maximum Gasteiger partial charge on any atom is 1.00 e. The standard InChI is InChI=1S/C3H5NO.C3H8O3S.K/c1-2-3(4)5;1-3(2)7(4,5)6;/h2H,1H2,(H2,4,5);3H,1-2H3,(H,4,5,6);/q;;+1/p-1. The van der Waals surface area contributed by atoms with Crippen molar-refractivity contribution in [3.05, 3.63) is 12.7 Å². The maximum absolute atomic E-state index is 9.78. The van der Waals surface area contributed by atoms with E-state index in [4.69, 9.17) is 0 Å². The van der Waals surface area contributed by atoms with Gasteiger partial charge in [-0.3, -0.25) is 4.79 Å². The summed E-state index contributed by atoms with van der Waals surface area (Å²) in [7, 11) is -3.99. The Bertz CT molecular complexity index is 247. The van der Waals surface area contributed by atoms with E-state index in [1.54, 1.807) is 0 Å². The second-order valence-electron chi connectivity index (χ2n) is 2.15. The monoisotopic (exact) mass is 233 g/mol.